The third kappa shape index (κ3) is 5.11. The Balaban J connectivity index is 1.86. The van der Waals surface area contributed by atoms with Crippen LogP contribution in [0.15, 0.2) is 36.7 Å². The molecule has 5 nitrogen and oxygen atoms in total. The molecule has 114 valence electrons. The van der Waals surface area contributed by atoms with Crippen LogP contribution in [0.4, 0.5) is 5.69 Å². The van der Waals surface area contributed by atoms with Crippen LogP contribution in [0.3, 0.4) is 0 Å². The van der Waals surface area contributed by atoms with Gasteiger partial charge in [0.25, 0.3) is 0 Å². The molecule has 0 radical (unpaired) electrons. The highest BCUT2D eigenvalue weighted by Gasteiger charge is 2.00. The Kier molecular flexibility index (Phi) is 6.09. The van der Waals surface area contributed by atoms with Gasteiger partial charge in [-0.05, 0) is 24.1 Å². The zero-order valence-corrected chi connectivity index (χ0v) is 12.7. The van der Waals surface area contributed by atoms with Crippen molar-refractivity contribution in [3.63, 3.8) is 0 Å². The van der Waals surface area contributed by atoms with Crippen LogP contribution in [0, 0.1) is 0 Å². The second kappa shape index (κ2) is 8.32. The lowest BCUT2D eigenvalue weighted by atomic mass is 10.2. The van der Waals surface area contributed by atoms with Gasteiger partial charge in [0.2, 0.25) is 0 Å². The Hall–Kier alpha value is -2.01. The summed E-state index contributed by atoms with van der Waals surface area (Å²) < 4.78 is 12.5. The average Bonchev–Trinajstić information content (AvgIpc) is 2.97. The fraction of sp³-hybridized carbons (Fsp3) is 0.438. The summed E-state index contributed by atoms with van der Waals surface area (Å²) >= 11 is 0. The minimum absolute atomic E-state index is 0.665. The molecule has 5 heteroatoms. The predicted octanol–water partition coefficient (Wildman–Crippen LogP) is 2.93. The molecular weight excluding hydrogens is 266 g/mol. The molecule has 0 fully saturated rings. The monoisotopic (exact) mass is 289 g/mol. The Morgan fingerprint density at radius 1 is 1.29 bits per heavy atom. The summed E-state index contributed by atoms with van der Waals surface area (Å²) in [5.41, 5.74) is 2.19. The quantitative estimate of drug-likeness (QED) is 0.771. The Bertz CT molecular complexity index is 540. The number of nitrogens with zero attached hydrogens (tertiary/aromatic N) is 2. The molecule has 0 saturated heterocycles. The van der Waals surface area contributed by atoms with E-state index in [0.717, 1.165) is 37.6 Å². The van der Waals surface area contributed by atoms with Gasteiger partial charge in [-0.3, -0.25) is 4.68 Å². The van der Waals surface area contributed by atoms with Gasteiger partial charge in [-0.1, -0.05) is 19.1 Å². The maximum atomic E-state index is 5.64. The van der Waals surface area contributed by atoms with Crippen molar-refractivity contribution in [3.8, 4) is 5.75 Å². The lowest BCUT2D eigenvalue weighted by Crippen LogP contribution is -2.04. The number of benzene rings is 1. The number of methoxy groups -OCH3 is 1. The molecular formula is C16H23N3O2. The van der Waals surface area contributed by atoms with Gasteiger partial charge in [-0.15, -0.1) is 0 Å². The highest BCUT2D eigenvalue weighted by atomic mass is 16.5. The van der Waals surface area contributed by atoms with Crippen LogP contribution in [0.5, 0.6) is 5.75 Å². The molecule has 2 aromatic rings. The van der Waals surface area contributed by atoms with Crippen LogP contribution in [0.25, 0.3) is 0 Å². The van der Waals surface area contributed by atoms with E-state index in [-0.39, 0.29) is 0 Å². The first kappa shape index (κ1) is 15.4. The lowest BCUT2D eigenvalue weighted by molar-refractivity contribution is 0.183. The van der Waals surface area contributed by atoms with E-state index in [1.54, 1.807) is 7.11 Å². The molecule has 0 bridgehead atoms. The zero-order valence-electron chi connectivity index (χ0n) is 12.7. The second-order valence-electron chi connectivity index (χ2n) is 4.83. The van der Waals surface area contributed by atoms with Gasteiger partial charge >= 0.3 is 0 Å². The molecule has 1 aromatic heterocycles. The third-order valence-corrected chi connectivity index (χ3v) is 3.03. The number of rotatable bonds is 9. The molecule has 21 heavy (non-hydrogen) atoms. The van der Waals surface area contributed by atoms with E-state index in [1.165, 1.54) is 5.56 Å². The molecule has 1 aromatic carbocycles. The molecule has 0 spiro atoms. The largest absolute Gasteiger partial charge is 0.494 e. The van der Waals surface area contributed by atoms with Crippen molar-refractivity contribution in [1.29, 1.82) is 0 Å². The van der Waals surface area contributed by atoms with E-state index in [9.17, 15) is 0 Å². The first-order valence-electron chi connectivity index (χ1n) is 7.29. The van der Waals surface area contributed by atoms with Crippen molar-refractivity contribution >= 4 is 5.69 Å². The summed E-state index contributed by atoms with van der Waals surface area (Å²) in [6.07, 6.45) is 4.83. The van der Waals surface area contributed by atoms with E-state index in [2.05, 4.69) is 29.5 Å². The Morgan fingerprint density at radius 2 is 2.19 bits per heavy atom. The molecule has 0 unspecified atom stereocenters. The maximum absolute atomic E-state index is 5.64. The van der Waals surface area contributed by atoms with E-state index < -0.39 is 0 Å². The molecule has 0 saturated carbocycles. The van der Waals surface area contributed by atoms with Crippen molar-refractivity contribution in [2.45, 2.75) is 26.4 Å². The average molecular weight is 289 g/mol. The summed E-state index contributed by atoms with van der Waals surface area (Å²) in [6.45, 7) is 5.03. The number of nitrogens with one attached hydrogen (secondary N) is 1. The van der Waals surface area contributed by atoms with Crippen molar-refractivity contribution in [3.05, 3.63) is 42.2 Å². The Morgan fingerprint density at radius 3 is 3.00 bits per heavy atom. The molecule has 0 amide bonds. The lowest BCUT2D eigenvalue weighted by Gasteiger charge is -2.08. The molecule has 2 rings (SSSR count). The highest BCUT2D eigenvalue weighted by Crippen LogP contribution is 2.15. The zero-order chi connectivity index (χ0) is 14.9. The molecule has 0 aliphatic rings. The molecule has 0 atom stereocenters. The molecule has 1 heterocycles. The van der Waals surface area contributed by atoms with Crippen LogP contribution >= 0.6 is 0 Å². The van der Waals surface area contributed by atoms with Gasteiger partial charge < -0.3 is 14.8 Å². The minimum Gasteiger partial charge on any atom is -0.494 e. The Labute approximate surface area is 125 Å². The SMILES string of the molecule is CCCOc1cccc(CNc2cnn(CCOC)c2)c1. The standard InChI is InChI=1S/C16H23N3O2/c1-3-8-21-16-6-4-5-14(10-16)11-17-15-12-18-19(13-15)7-9-20-2/h4-6,10,12-13,17H,3,7-9,11H2,1-2H3. The van der Waals surface area contributed by atoms with Crippen LogP contribution < -0.4 is 10.1 Å². The fourth-order valence-corrected chi connectivity index (χ4v) is 1.93. The van der Waals surface area contributed by atoms with E-state index >= 15 is 0 Å². The van der Waals surface area contributed by atoms with Gasteiger partial charge in [0, 0.05) is 19.9 Å². The topological polar surface area (TPSA) is 48.3 Å². The van der Waals surface area contributed by atoms with Crippen LogP contribution in [-0.4, -0.2) is 30.1 Å². The van der Waals surface area contributed by atoms with E-state index in [0.29, 0.717) is 6.61 Å². The first-order valence-corrected chi connectivity index (χ1v) is 7.29. The van der Waals surface area contributed by atoms with Crippen molar-refractivity contribution in [2.24, 2.45) is 0 Å². The van der Waals surface area contributed by atoms with Gasteiger partial charge in [-0.2, -0.15) is 5.10 Å². The first-order chi connectivity index (χ1) is 10.3. The van der Waals surface area contributed by atoms with Gasteiger partial charge in [0.05, 0.1) is 31.6 Å². The minimum atomic E-state index is 0.665. The van der Waals surface area contributed by atoms with Gasteiger partial charge in [-0.25, -0.2) is 0 Å². The van der Waals surface area contributed by atoms with Crippen LogP contribution in [-0.2, 0) is 17.8 Å². The molecule has 0 aliphatic carbocycles. The predicted molar refractivity (Wildman–Crippen MR) is 83.7 cm³/mol. The van der Waals surface area contributed by atoms with Crippen molar-refractivity contribution < 1.29 is 9.47 Å². The number of hydrogen-bond donors (Lipinski definition) is 1. The highest BCUT2D eigenvalue weighted by molar-refractivity contribution is 5.40. The summed E-state index contributed by atoms with van der Waals surface area (Å²) in [4.78, 5) is 0. The normalized spacial score (nSPS) is 10.6. The molecule has 1 N–H and O–H groups in total. The molecule has 0 aliphatic heterocycles. The number of ether oxygens (including phenoxy) is 2. The smallest absolute Gasteiger partial charge is 0.119 e. The number of anilines is 1. The number of aromatic nitrogens is 2. The van der Waals surface area contributed by atoms with Gasteiger partial charge in [0.1, 0.15) is 5.75 Å². The number of hydrogen-bond acceptors (Lipinski definition) is 4. The summed E-state index contributed by atoms with van der Waals surface area (Å²) in [7, 11) is 1.69. The van der Waals surface area contributed by atoms with E-state index in [1.807, 2.05) is 29.2 Å². The summed E-state index contributed by atoms with van der Waals surface area (Å²) in [5, 5.41) is 7.63. The van der Waals surface area contributed by atoms with Gasteiger partial charge in [0.15, 0.2) is 0 Å². The van der Waals surface area contributed by atoms with Crippen molar-refractivity contribution in [2.75, 3.05) is 25.6 Å². The van der Waals surface area contributed by atoms with Crippen molar-refractivity contribution in [1.82, 2.24) is 9.78 Å². The third-order valence-electron chi connectivity index (χ3n) is 3.03. The second-order valence-corrected chi connectivity index (χ2v) is 4.83. The summed E-state index contributed by atoms with van der Waals surface area (Å²) in [6, 6.07) is 8.16. The van der Waals surface area contributed by atoms with Crippen LogP contribution in [0.1, 0.15) is 18.9 Å². The fourth-order valence-electron chi connectivity index (χ4n) is 1.93. The maximum Gasteiger partial charge on any atom is 0.119 e. The summed E-state index contributed by atoms with van der Waals surface area (Å²) in [5.74, 6) is 0.923. The van der Waals surface area contributed by atoms with E-state index in [4.69, 9.17) is 9.47 Å². The van der Waals surface area contributed by atoms with Crippen LogP contribution in [0.2, 0.25) is 0 Å².